The van der Waals surface area contributed by atoms with Crippen molar-refractivity contribution in [1.29, 1.82) is 5.26 Å². The fourth-order valence-corrected chi connectivity index (χ4v) is 2.60. The van der Waals surface area contributed by atoms with Crippen LogP contribution in [0, 0.1) is 11.3 Å². The Balaban J connectivity index is 1.79. The minimum atomic E-state index is 0.410. The van der Waals surface area contributed by atoms with Crippen LogP contribution >= 0.6 is 15.9 Å². The molecule has 1 aliphatic rings. The van der Waals surface area contributed by atoms with Crippen LogP contribution in [0.2, 0.25) is 0 Å². The number of nitriles is 1. The van der Waals surface area contributed by atoms with E-state index in [1.165, 1.54) is 19.3 Å². The minimum Gasteiger partial charge on any atom is -0.385 e. The lowest BCUT2D eigenvalue weighted by Crippen LogP contribution is -2.21. The van der Waals surface area contributed by atoms with Gasteiger partial charge in [-0.15, -0.1) is 0 Å². The predicted molar refractivity (Wildman–Crippen MR) is 75.6 cm³/mol. The van der Waals surface area contributed by atoms with Gasteiger partial charge in [-0.1, -0.05) is 0 Å². The quantitative estimate of drug-likeness (QED) is 0.922. The van der Waals surface area contributed by atoms with Crippen LogP contribution < -0.4 is 5.32 Å². The summed E-state index contributed by atoms with van der Waals surface area (Å²) in [5.74, 6) is 0. The maximum absolute atomic E-state index is 8.84. The van der Waals surface area contributed by atoms with Gasteiger partial charge in [-0.2, -0.15) is 5.26 Å². The third-order valence-electron chi connectivity index (χ3n) is 3.16. The van der Waals surface area contributed by atoms with Gasteiger partial charge in [0.15, 0.2) is 0 Å². The lowest BCUT2D eigenvalue weighted by Gasteiger charge is -2.22. The molecule has 1 unspecified atom stereocenters. The topological polar surface area (TPSA) is 45.0 Å². The molecule has 1 saturated heterocycles. The largest absolute Gasteiger partial charge is 0.385 e. The fraction of sp³-hybridized carbons (Fsp3) is 0.500. The van der Waals surface area contributed by atoms with Gasteiger partial charge >= 0.3 is 0 Å². The molecule has 1 aliphatic heterocycles. The van der Waals surface area contributed by atoms with Crippen LogP contribution in [-0.2, 0) is 4.74 Å². The van der Waals surface area contributed by atoms with E-state index in [0.717, 1.165) is 29.7 Å². The molecule has 1 heterocycles. The van der Waals surface area contributed by atoms with Crippen LogP contribution in [-0.4, -0.2) is 19.3 Å². The first kappa shape index (κ1) is 13.4. The van der Waals surface area contributed by atoms with Crippen molar-refractivity contribution in [3.05, 3.63) is 28.2 Å². The van der Waals surface area contributed by atoms with Gasteiger partial charge in [0.05, 0.1) is 11.7 Å². The van der Waals surface area contributed by atoms with Crippen LogP contribution in [0.3, 0.4) is 0 Å². The summed E-state index contributed by atoms with van der Waals surface area (Å²) in [5.41, 5.74) is 1.70. The molecule has 0 bridgehead atoms. The summed E-state index contributed by atoms with van der Waals surface area (Å²) in [7, 11) is 0. The molecule has 1 aromatic carbocycles. The zero-order valence-electron chi connectivity index (χ0n) is 10.3. The fourth-order valence-electron chi connectivity index (χ4n) is 2.13. The van der Waals surface area contributed by atoms with Crippen molar-refractivity contribution in [3.63, 3.8) is 0 Å². The van der Waals surface area contributed by atoms with Gasteiger partial charge in [0.1, 0.15) is 6.07 Å². The molecule has 4 heteroatoms. The molecule has 0 aliphatic carbocycles. The lowest BCUT2D eigenvalue weighted by molar-refractivity contribution is 0.0134. The van der Waals surface area contributed by atoms with Crippen LogP contribution in [0.25, 0.3) is 0 Å². The number of hydrogen-bond acceptors (Lipinski definition) is 3. The van der Waals surface area contributed by atoms with Crippen LogP contribution in [0.4, 0.5) is 5.69 Å². The second kappa shape index (κ2) is 6.77. The van der Waals surface area contributed by atoms with Crippen LogP contribution in [0.15, 0.2) is 22.7 Å². The Morgan fingerprint density at radius 2 is 2.33 bits per heavy atom. The smallest absolute Gasteiger partial charge is 0.100 e. The SMILES string of the molecule is N#Cc1ccc(NCCC2CCCCO2)cc1Br. The Hall–Kier alpha value is -1.05. The second-order valence-corrected chi connectivity index (χ2v) is 5.36. The number of halogens is 1. The van der Waals surface area contributed by atoms with Crippen molar-refractivity contribution in [2.75, 3.05) is 18.5 Å². The van der Waals surface area contributed by atoms with Gasteiger partial charge in [-0.3, -0.25) is 0 Å². The van der Waals surface area contributed by atoms with Gasteiger partial charge in [0.2, 0.25) is 0 Å². The summed E-state index contributed by atoms with van der Waals surface area (Å²) in [5, 5.41) is 12.2. The summed E-state index contributed by atoms with van der Waals surface area (Å²) >= 11 is 3.39. The Labute approximate surface area is 116 Å². The highest BCUT2D eigenvalue weighted by molar-refractivity contribution is 9.10. The lowest BCUT2D eigenvalue weighted by atomic mass is 10.1. The maximum Gasteiger partial charge on any atom is 0.100 e. The second-order valence-electron chi connectivity index (χ2n) is 4.51. The Kier molecular flexibility index (Phi) is 5.03. The van der Waals surface area contributed by atoms with E-state index in [9.17, 15) is 0 Å². The summed E-state index contributed by atoms with van der Waals surface area (Å²) < 4.78 is 6.52. The van der Waals surface area contributed by atoms with E-state index >= 15 is 0 Å². The molecule has 2 rings (SSSR count). The highest BCUT2D eigenvalue weighted by Crippen LogP contribution is 2.21. The predicted octanol–water partition coefficient (Wildman–Crippen LogP) is 3.69. The molecule has 18 heavy (non-hydrogen) atoms. The zero-order chi connectivity index (χ0) is 12.8. The van der Waals surface area contributed by atoms with Crippen molar-refractivity contribution in [2.24, 2.45) is 0 Å². The molecule has 1 aromatic rings. The first-order valence-electron chi connectivity index (χ1n) is 6.35. The van der Waals surface area contributed by atoms with E-state index in [2.05, 4.69) is 27.3 Å². The molecule has 0 saturated carbocycles. The number of hydrogen-bond donors (Lipinski definition) is 1. The Morgan fingerprint density at radius 1 is 1.44 bits per heavy atom. The number of ether oxygens (including phenoxy) is 1. The van der Waals surface area contributed by atoms with Gasteiger partial charge < -0.3 is 10.1 Å². The Bertz CT molecular complexity index is 436. The van der Waals surface area contributed by atoms with Crippen molar-refractivity contribution in [3.8, 4) is 6.07 Å². The van der Waals surface area contributed by atoms with E-state index in [0.29, 0.717) is 11.7 Å². The normalized spacial score (nSPS) is 19.2. The van der Waals surface area contributed by atoms with Crippen molar-refractivity contribution in [2.45, 2.75) is 31.8 Å². The van der Waals surface area contributed by atoms with Gasteiger partial charge in [0, 0.05) is 23.3 Å². The van der Waals surface area contributed by atoms with Gasteiger partial charge in [0.25, 0.3) is 0 Å². The first-order valence-corrected chi connectivity index (χ1v) is 7.14. The molecule has 96 valence electrons. The van der Waals surface area contributed by atoms with E-state index in [-0.39, 0.29) is 0 Å². The third kappa shape index (κ3) is 3.72. The number of nitrogens with zero attached hydrogens (tertiary/aromatic N) is 1. The highest BCUT2D eigenvalue weighted by atomic mass is 79.9. The molecule has 0 aromatic heterocycles. The molecular formula is C14H17BrN2O. The van der Waals surface area contributed by atoms with E-state index in [1.54, 1.807) is 0 Å². The van der Waals surface area contributed by atoms with E-state index < -0.39 is 0 Å². The zero-order valence-corrected chi connectivity index (χ0v) is 11.9. The summed E-state index contributed by atoms with van der Waals surface area (Å²) in [4.78, 5) is 0. The first-order chi connectivity index (χ1) is 8.79. The average Bonchev–Trinajstić information content (AvgIpc) is 2.40. The number of benzene rings is 1. The molecule has 3 nitrogen and oxygen atoms in total. The Morgan fingerprint density at radius 3 is 3.00 bits per heavy atom. The summed E-state index contributed by atoms with van der Waals surface area (Å²) in [6.07, 6.45) is 5.11. The van der Waals surface area contributed by atoms with Gasteiger partial charge in [-0.25, -0.2) is 0 Å². The summed E-state index contributed by atoms with van der Waals surface area (Å²) in [6.45, 7) is 1.82. The molecule has 0 spiro atoms. The number of nitrogens with one attached hydrogen (secondary N) is 1. The average molecular weight is 309 g/mol. The van der Waals surface area contributed by atoms with Gasteiger partial charge in [-0.05, 0) is 59.8 Å². The van der Waals surface area contributed by atoms with Crippen molar-refractivity contribution < 1.29 is 4.74 Å². The maximum atomic E-state index is 8.84. The van der Waals surface area contributed by atoms with E-state index in [1.807, 2.05) is 18.2 Å². The van der Waals surface area contributed by atoms with Crippen molar-refractivity contribution >= 4 is 21.6 Å². The van der Waals surface area contributed by atoms with Crippen LogP contribution in [0.1, 0.15) is 31.2 Å². The highest BCUT2D eigenvalue weighted by Gasteiger charge is 2.12. The van der Waals surface area contributed by atoms with E-state index in [4.69, 9.17) is 10.00 Å². The standard InChI is InChI=1S/C14H17BrN2O/c15-14-9-12(5-4-11(14)10-16)17-7-6-13-3-1-2-8-18-13/h4-5,9,13,17H,1-3,6-8H2. The van der Waals surface area contributed by atoms with Crippen molar-refractivity contribution in [1.82, 2.24) is 0 Å². The molecule has 0 amide bonds. The summed E-state index contributed by atoms with van der Waals surface area (Å²) in [6, 6.07) is 7.84. The molecule has 0 radical (unpaired) electrons. The number of anilines is 1. The molecule has 1 N–H and O–H groups in total. The minimum absolute atomic E-state index is 0.410. The molecule has 1 fully saturated rings. The monoisotopic (exact) mass is 308 g/mol. The molecular weight excluding hydrogens is 292 g/mol. The number of rotatable bonds is 4. The van der Waals surface area contributed by atoms with Crippen LogP contribution in [0.5, 0.6) is 0 Å². The molecule has 1 atom stereocenters. The third-order valence-corrected chi connectivity index (χ3v) is 3.82.